The van der Waals surface area contributed by atoms with E-state index in [4.69, 9.17) is 5.73 Å². The Hall–Kier alpha value is -1.06. The van der Waals surface area contributed by atoms with Gasteiger partial charge in [-0.3, -0.25) is 0 Å². The van der Waals surface area contributed by atoms with Crippen LogP contribution in [-0.4, -0.2) is 37.1 Å². The molecule has 1 aromatic carbocycles. The van der Waals surface area contributed by atoms with Crippen molar-refractivity contribution in [3.8, 4) is 0 Å². The topological polar surface area (TPSA) is 41.3 Å². The van der Waals surface area contributed by atoms with Crippen molar-refractivity contribution in [1.29, 1.82) is 0 Å². The van der Waals surface area contributed by atoms with Gasteiger partial charge in [0.25, 0.3) is 0 Å². The molecule has 0 saturated carbocycles. The highest BCUT2D eigenvalue weighted by Crippen LogP contribution is 2.17. The molecule has 1 aliphatic rings. The highest BCUT2D eigenvalue weighted by atomic mass is 15.1. The molecule has 0 aromatic heterocycles. The zero-order valence-corrected chi connectivity index (χ0v) is 11.4. The van der Waals surface area contributed by atoms with Gasteiger partial charge in [-0.15, -0.1) is 0 Å². The van der Waals surface area contributed by atoms with Gasteiger partial charge in [0.05, 0.1) is 0 Å². The summed E-state index contributed by atoms with van der Waals surface area (Å²) in [4.78, 5) is 2.46. The summed E-state index contributed by atoms with van der Waals surface area (Å²) >= 11 is 0. The van der Waals surface area contributed by atoms with Crippen molar-refractivity contribution in [1.82, 2.24) is 4.90 Å². The summed E-state index contributed by atoms with van der Waals surface area (Å²) < 4.78 is 0. The minimum absolute atomic E-state index is 0.617. The van der Waals surface area contributed by atoms with Crippen molar-refractivity contribution in [3.05, 3.63) is 29.8 Å². The predicted octanol–water partition coefficient (Wildman–Crippen LogP) is 2.08. The summed E-state index contributed by atoms with van der Waals surface area (Å²) in [6.07, 6.45) is 3.54. The van der Waals surface area contributed by atoms with Crippen molar-refractivity contribution in [2.24, 2.45) is 5.73 Å². The summed E-state index contributed by atoms with van der Waals surface area (Å²) in [7, 11) is 0. The van der Waals surface area contributed by atoms with Crippen molar-refractivity contribution >= 4 is 5.69 Å². The molecule has 100 valence electrons. The van der Waals surface area contributed by atoms with Crippen molar-refractivity contribution in [2.75, 3.05) is 31.5 Å². The molecule has 0 aliphatic carbocycles. The Morgan fingerprint density at radius 1 is 1.22 bits per heavy atom. The van der Waals surface area contributed by atoms with Crippen LogP contribution in [0.1, 0.15) is 25.3 Å². The number of nitrogens with zero attached hydrogens (tertiary/aromatic N) is 1. The summed E-state index contributed by atoms with van der Waals surface area (Å²) in [5.41, 5.74) is 8.24. The second-order valence-electron chi connectivity index (χ2n) is 5.10. The minimum atomic E-state index is 0.617. The molecule has 2 rings (SSSR count). The molecule has 0 unspecified atom stereocenters. The minimum Gasteiger partial charge on any atom is -0.382 e. The molecular formula is C15H25N3. The summed E-state index contributed by atoms with van der Waals surface area (Å²) in [6.45, 7) is 6.34. The van der Waals surface area contributed by atoms with Crippen LogP contribution in [-0.2, 0) is 6.42 Å². The smallest absolute Gasteiger partial charge is 0.0342 e. The molecule has 3 heteroatoms. The Kier molecular flexibility index (Phi) is 5.02. The van der Waals surface area contributed by atoms with E-state index in [1.165, 1.54) is 37.2 Å². The molecule has 3 nitrogen and oxygen atoms in total. The van der Waals surface area contributed by atoms with Crippen LogP contribution in [0.4, 0.5) is 5.69 Å². The number of hydrogen-bond donors (Lipinski definition) is 2. The van der Waals surface area contributed by atoms with E-state index in [1.54, 1.807) is 0 Å². The normalized spacial score (nSPS) is 17.9. The van der Waals surface area contributed by atoms with E-state index in [-0.39, 0.29) is 0 Å². The van der Waals surface area contributed by atoms with Gasteiger partial charge in [0.1, 0.15) is 0 Å². The Labute approximate surface area is 110 Å². The number of piperidine rings is 1. The summed E-state index contributed by atoms with van der Waals surface area (Å²) in [5.74, 6) is 0. The zero-order chi connectivity index (χ0) is 12.8. The van der Waals surface area contributed by atoms with Gasteiger partial charge in [0, 0.05) is 37.9 Å². The Balaban J connectivity index is 1.80. The van der Waals surface area contributed by atoms with Crippen LogP contribution >= 0.6 is 0 Å². The molecule has 0 bridgehead atoms. The van der Waals surface area contributed by atoms with Gasteiger partial charge in [-0.2, -0.15) is 0 Å². The van der Waals surface area contributed by atoms with Crippen LogP contribution in [0.15, 0.2) is 24.3 Å². The molecule has 0 amide bonds. The first-order chi connectivity index (χ1) is 8.81. The molecule has 1 saturated heterocycles. The van der Waals surface area contributed by atoms with Gasteiger partial charge in [0.15, 0.2) is 0 Å². The summed E-state index contributed by atoms with van der Waals surface area (Å²) in [6, 6.07) is 9.44. The maximum Gasteiger partial charge on any atom is 0.0342 e. The van der Waals surface area contributed by atoms with E-state index in [9.17, 15) is 0 Å². The number of benzene rings is 1. The van der Waals surface area contributed by atoms with Crippen molar-refractivity contribution in [3.63, 3.8) is 0 Å². The van der Waals surface area contributed by atoms with E-state index in [0.29, 0.717) is 6.04 Å². The lowest BCUT2D eigenvalue weighted by Crippen LogP contribution is -2.41. The Morgan fingerprint density at radius 2 is 1.89 bits per heavy atom. The average molecular weight is 247 g/mol. The standard InChI is InChI=1S/C15H25N3/c1-2-13-3-5-14(6-4-13)17-15-7-10-18(11-8-15)12-9-16/h3-6,15,17H,2,7-12,16H2,1H3. The van der Waals surface area contributed by atoms with Crippen LogP contribution in [0, 0.1) is 0 Å². The van der Waals surface area contributed by atoms with Crippen LogP contribution in [0.25, 0.3) is 0 Å². The first kappa shape index (κ1) is 13.4. The maximum absolute atomic E-state index is 5.59. The van der Waals surface area contributed by atoms with Crippen molar-refractivity contribution in [2.45, 2.75) is 32.2 Å². The van der Waals surface area contributed by atoms with Gasteiger partial charge in [-0.05, 0) is 37.0 Å². The van der Waals surface area contributed by atoms with Gasteiger partial charge in [-0.25, -0.2) is 0 Å². The fourth-order valence-corrected chi connectivity index (χ4v) is 2.56. The lowest BCUT2D eigenvalue weighted by atomic mass is 10.0. The molecule has 1 heterocycles. The van der Waals surface area contributed by atoms with Gasteiger partial charge >= 0.3 is 0 Å². The molecule has 0 spiro atoms. The third-order valence-corrected chi connectivity index (χ3v) is 3.77. The van der Waals surface area contributed by atoms with Gasteiger partial charge in [0.2, 0.25) is 0 Å². The molecule has 0 radical (unpaired) electrons. The molecule has 0 atom stereocenters. The number of aryl methyl sites for hydroxylation is 1. The molecule has 1 aliphatic heterocycles. The molecule has 3 N–H and O–H groups in total. The van der Waals surface area contributed by atoms with Gasteiger partial charge in [-0.1, -0.05) is 19.1 Å². The van der Waals surface area contributed by atoms with E-state index in [2.05, 4.69) is 41.4 Å². The Bertz CT molecular complexity index is 339. The predicted molar refractivity (Wildman–Crippen MR) is 78.0 cm³/mol. The first-order valence-electron chi connectivity index (χ1n) is 7.09. The van der Waals surface area contributed by atoms with E-state index < -0.39 is 0 Å². The van der Waals surface area contributed by atoms with E-state index in [0.717, 1.165) is 19.5 Å². The third-order valence-electron chi connectivity index (χ3n) is 3.77. The van der Waals surface area contributed by atoms with Crippen LogP contribution in [0.5, 0.6) is 0 Å². The number of hydrogen-bond acceptors (Lipinski definition) is 3. The highest BCUT2D eigenvalue weighted by Gasteiger charge is 2.18. The van der Waals surface area contributed by atoms with Crippen LogP contribution in [0.3, 0.4) is 0 Å². The number of anilines is 1. The number of nitrogens with two attached hydrogens (primary N) is 1. The highest BCUT2D eigenvalue weighted by molar-refractivity contribution is 5.45. The maximum atomic E-state index is 5.59. The fourth-order valence-electron chi connectivity index (χ4n) is 2.56. The van der Waals surface area contributed by atoms with Crippen molar-refractivity contribution < 1.29 is 0 Å². The van der Waals surface area contributed by atoms with E-state index >= 15 is 0 Å². The van der Waals surface area contributed by atoms with Gasteiger partial charge < -0.3 is 16.0 Å². The quantitative estimate of drug-likeness (QED) is 0.837. The number of nitrogens with one attached hydrogen (secondary N) is 1. The molecular weight excluding hydrogens is 222 g/mol. The first-order valence-corrected chi connectivity index (χ1v) is 7.09. The second kappa shape index (κ2) is 6.76. The van der Waals surface area contributed by atoms with Crippen LogP contribution in [0.2, 0.25) is 0 Å². The second-order valence-corrected chi connectivity index (χ2v) is 5.10. The lowest BCUT2D eigenvalue weighted by molar-refractivity contribution is 0.224. The summed E-state index contributed by atoms with van der Waals surface area (Å²) in [5, 5.41) is 3.64. The fraction of sp³-hybridized carbons (Fsp3) is 0.600. The Morgan fingerprint density at radius 3 is 2.44 bits per heavy atom. The zero-order valence-electron chi connectivity index (χ0n) is 11.4. The molecule has 18 heavy (non-hydrogen) atoms. The lowest BCUT2D eigenvalue weighted by Gasteiger charge is -2.32. The van der Waals surface area contributed by atoms with E-state index in [1.807, 2.05) is 0 Å². The largest absolute Gasteiger partial charge is 0.382 e. The van der Waals surface area contributed by atoms with Crippen LogP contribution < -0.4 is 11.1 Å². The number of likely N-dealkylation sites (tertiary alicyclic amines) is 1. The average Bonchev–Trinajstić information content (AvgIpc) is 2.42. The molecule has 1 fully saturated rings. The monoisotopic (exact) mass is 247 g/mol. The molecule has 1 aromatic rings. The third kappa shape index (κ3) is 3.72. The number of rotatable bonds is 5. The SMILES string of the molecule is CCc1ccc(NC2CCN(CCN)CC2)cc1.